The van der Waals surface area contributed by atoms with Crippen molar-refractivity contribution in [2.24, 2.45) is 0 Å². The van der Waals surface area contributed by atoms with Crippen molar-refractivity contribution in [3.05, 3.63) is 24.3 Å². The molecule has 0 spiro atoms. The van der Waals surface area contributed by atoms with E-state index < -0.39 is 58.4 Å². The van der Waals surface area contributed by atoms with Gasteiger partial charge >= 0.3 is 19.8 Å². The monoisotopic (exact) mass is 929 g/mol. The van der Waals surface area contributed by atoms with Crippen LogP contribution in [0.25, 0.3) is 0 Å². The molecule has 3 N–H and O–H groups in total. The Bertz CT molecular complexity index is 1110. The molecule has 0 amide bonds. The average molecular weight is 929 g/mol. The highest BCUT2D eigenvalue weighted by Crippen LogP contribution is 2.43. The van der Waals surface area contributed by atoms with Crippen LogP contribution >= 0.6 is 7.82 Å². The molecule has 0 bridgehead atoms. The summed E-state index contributed by atoms with van der Waals surface area (Å²) in [4.78, 5) is 34.7. The molecular weight excluding hydrogens is 828 g/mol. The maximum Gasteiger partial charge on any atom is 0.472 e. The molecule has 11 heteroatoms. The van der Waals surface area contributed by atoms with Crippen molar-refractivity contribution in [2.75, 3.05) is 26.4 Å². The quantitative estimate of drug-likeness (QED) is 0.0233. The number of ether oxygens (including phenoxy) is 2. The molecule has 3 unspecified atom stereocenters. The summed E-state index contributed by atoms with van der Waals surface area (Å²) in [5.74, 6) is -1.01. The van der Waals surface area contributed by atoms with Gasteiger partial charge in [-0.1, -0.05) is 212 Å². The Kier molecular flexibility index (Phi) is 48.2. The maximum absolute atomic E-state index is 12.4. The topological polar surface area (TPSA) is 149 Å². The Morgan fingerprint density at radius 2 is 0.641 bits per heavy atom. The smallest absolute Gasteiger partial charge is 0.457 e. The predicted molar refractivity (Wildman–Crippen MR) is 265 cm³/mol. The van der Waals surface area contributed by atoms with Gasteiger partial charge in [-0.2, -0.15) is 0 Å². The van der Waals surface area contributed by atoms with Crippen LogP contribution in [0.1, 0.15) is 264 Å². The summed E-state index contributed by atoms with van der Waals surface area (Å²) in [6, 6.07) is 0. The molecule has 0 aromatic heterocycles. The van der Waals surface area contributed by atoms with E-state index in [0.717, 1.165) is 44.9 Å². The zero-order valence-electron chi connectivity index (χ0n) is 41.5. The van der Waals surface area contributed by atoms with Crippen molar-refractivity contribution < 1.29 is 47.8 Å². The van der Waals surface area contributed by atoms with Gasteiger partial charge in [0.2, 0.25) is 0 Å². The van der Waals surface area contributed by atoms with Crippen LogP contribution in [-0.2, 0) is 32.7 Å². The third kappa shape index (κ3) is 47.0. The SMILES string of the molecule is CCCCCCCCC/C=C\CCCCCCCCCC(=O)OC(CO)COP(=O)(O)OCC(CO)OC(=O)CCCCCCCCCCCCC/C=C\CCCCCCCCCC. The van der Waals surface area contributed by atoms with Gasteiger partial charge in [0.05, 0.1) is 26.4 Å². The molecule has 0 aromatic rings. The molecule has 0 saturated carbocycles. The van der Waals surface area contributed by atoms with Gasteiger partial charge in [-0.25, -0.2) is 4.57 Å². The Labute approximate surface area is 393 Å². The highest BCUT2D eigenvalue weighted by molar-refractivity contribution is 7.47. The molecule has 0 aliphatic heterocycles. The molecular formula is C53H101O10P. The fraction of sp³-hybridized carbons (Fsp3) is 0.887. The van der Waals surface area contributed by atoms with Gasteiger partial charge in [0.25, 0.3) is 0 Å². The fourth-order valence-electron chi connectivity index (χ4n) is 7.75. The second kappa shape index (κ2) is 49.4. The molecule has 0 rings (SSSR count). The fourth-order valence-corrected chi connectivity index (χ4v) is 8.54. The Morgan fingerprint density at radius 1 is 0.406 bits per heavy atom. The second-order valence-electron chi connectivity index (χ2n) is 18.2. The van der Waals surface area contributed by atoms with Crippen LogP contribution in [0, 0.1) is 0 Å². The van der Waals surface area contributed by atoms with Gasteiger partial charge in [0.15, 0.2) is 0 Å². The Hall–Kier alpha value is -1.55. The van der Waals surface area contributed by atoms with Gasteiger partial charge in [-0.05, 0) is 64.2 Å². The first kappa shape index (κ1) is 62.4. The van der Waals surface area contributed by atoms with E-state index in [1.54, 1.807) is 0 Å². The first-order valence-electron chi connectivity index (χ1n) is 26.8. The highest BCUT2D eigenvalue weighted by atomic mass is 31.2. The summed E-state index contributed by atoms with van der Waals surface area (Å²) in [6.07, 6.45) is 53.0. The first-order valence-corrected chi connectivity index (χ1v) is 28.3. The molecule has 0 aromatic carbocycles. The molecule has 0 radical (unpaired) electrons. The van der Waals surface area contributed by atoms with Gasteiger partial charge in [-0.3, -0.25) is 18.6 Å². The normalized spacial score (nSPS) is 13.8. The number of unbranched alkanes of at least 4 members (excludes halogenated alkanes) is 33. The van der Waals surface area contributed by atoms with Crippen LogP contribution < -0.4 is 0 Å². The van der Waals surface area contributed by atoms with Crippen molar-refractivity contribution in [2.45, 2.75) is 276 Å². The number of aliphatic hydroxyl groups excluding tert-OH is 2. The number of esters is 2. The lowest BCUT2D eigenvalue weighted by atomic mass is 10.0. The van der Waals surface area contributed by atoms with Crippen molar-refractivity contribution >= 4 is 19.8 Å². The minimum absolute atomic E-state index is 0.190. The number of carbonyl (C=O) groups excluding carboxylic acids is 2. The van der Waals surface area contributed by atoms with Gasteiger partial charge < -0.3 is 24.6 Å². The highest BCUT2D eigenvalue weighted by Gasteiger charge is 2.27. The molecule has 0 aliphatic carbocycles. The molecule has 0 fully saturated rings. The van der Waals surface area contributed by atoms with Crippen LogP contribution in [-0.4, -0.2) is 65.7 Å². The number of hydrogen-bond acceptors (Lipinski definition) is 9. The number of phosphoric acid groups is 1. The third-order valence-corrected chi connectivity index (χ3v) is 12.8. The standard InChI is InChI=1S/C53H101O10P/c1-3-5-7-9-11-13-15-17-19-21-23-24-25-26-27-29-31-33-35-37-39-41-43-45-53(57)63-51(47-55)49-61-64(58,59)60-48-50(46-54)62-52(56)44-42-40-38-36-34-32-30-28-22-20-18-16-14-12-10-8-6-4-2/h20-23,50-51,54-55H,3-19,24-49H2,1-2H3,(H,58,59)/b22-20-,23-21-. The summed E-state index contributed by atoms with van der Waals surface area (Å²) in [5.41, 5.74) is 0. The second-order valence-corrected chi connectivity index (χ2v) is 19.7. The molecule has 3 atom stereocenters. The summed E-state index contributed by atoms with van der Waals surface area (Å²) >= 11 is 0. The molecule has 0 aliphatic rings. The summed E-state index contributed by atoms with van der Waals surface area (Å²) < 4.78 is 32.8. The van der Waals surface area contributed by atoms with E-state index in [0.29, 0.717) is 12.8 Å². The third-order valence-electron chi connectivity index (χ3n) is 11.9. The molecule has 378 valence electrons. The molecule has 0 heterocycles. The Balaban J connectivity index is 3.80. The van der Waals surface area contributed by atoms with E-state index in [1.165, 1.54) is 180 Å². The van der Waals surface area contributed by atoms with Gasteiger partial charge in [-0.15, -0.1) is 0 Å². The maximum atomic E-state index is 12.4. The Morgan fingerprint density at radius 3 is 0.891 bits per heavy atom. The van der Waals surface area contributed by atoms with E-state index in [9.17, 15) is 29.3 Å². The van der Waals surface area contributed by atoms with Crippen molar-refractivity contribution in [1.82, 2.24) is 0 Å². The van der Waals surface area contributed by atoms with Crippen LogP contribution in [0.5, 0.6) is 0 Å². The van der Waals surface area contributed by atoms with Gasteiger partial charge in [0, 0.05) is 12.8 Å². The number of allylic oxidation sites excluding steroid dienone is 4. The van der Waals surface area contributed by atoms with E-state index in [4.69, 9.17) is 18.5 Å². The number of aliphatic hydroxyl groups is 2. The van der Waals surface area contributed by atoms with Crippen LogP contribution in [0.2, 0.25) is 0 Å². The largest absolute Gasteiger partial charge is 0.472 e. The summed E-state index contributed by atoms with van der Waals surface area (Å²) in [6.45, 7) is 2.25. The number of rotatable bonds is 51. The average Bonchev–Trinajstić information content (AvgIpc) is 3.29. The van der Waals surface area contributed by atoms with Gasteiger partial charge in [0.1, 0.15) is 12.2 Å². The van der Waals surface area contributed by atoms with E-state index in [2.05, 4.69) is 38.2 Å². The number of carbonyl (C=O) groups is 2. The lowest BCUT2D eigenvalue weighted by molar-refractivity contribution is -0.153. The minimum Gasteiger partial charge on any atom is -0.457 e. The summed E-state index contributed by atoms with van der Waals surface area (Å²) in [7, 11) is -4.64. The molecule has 0 saturated heterocycles. The van der Waals surface area contributed by atoms with Crippen molar-refractivity contribution in [3.8, 4) is 0 Å². The lowest BCUT2D eigenvalue weighted by Gasteiger charge is -2.20. The number of phosphoric ester groups is 1. The summed E-state index contributed by atoms with van der Waals surface area (Å²) in [5, 5.41) is 19.3. The number of hydrogen-bond donors (Lipinski definition) is 3. The van der Waals surface area contributed by atoms with E-state index >= 15 is 0 Å². The first-order chi connectivity index (χ1) is 31.3. The van der Waals surface area contributed by atoms with Crippen LogP contribution in [0.4, 0.5) is 0 Å². The molecule has 64 heavy (non-hydrogen) atoms. The van der Waals surface area contributed by atoms with Crippen molar-refractivity contribution in [3.63, 3.8) is 0 Å². The zero-order valence-corrected chi connectivity index (χ0v) is 42.4. The van der Waals surface area contributed by atoms with E-state index in [-0.39, 0.29) is 12.8 Å². The lowest BCUT2D eigenvalue weighted by Crippen LogP contribution is -2.28. The zero-order chi connectivity index (χ0) is 46.9. The predicted octanol–water partition coefficient (Wildman–Crippen LogP) is 15.3. The van der Waals surface area contributed by atoms with Crippen LogP contribution in [0.15, 0.2) is 24.3 Å². The van der Waals surface area contributed by atoms with Crippen LogP contribution in [0.3, 0.4) is 0 Å². The molecule has 10 nitrogen and oxygen atoms in total. The van der Waals surface area contributed by atoms with E-state index in [1.807, 2.05) is 0 Å². The van der Waals surface area contributed by atoms with Crippen molar-refractivity contribution in [1.29, 1.82) is 0 Å². The minimum atomic E-state index is -4.64.